The Morgan fingerprint density at radius 2 is 2.00 bits per heavy atom. The van der Waals surface area contributed by atoms with Gasteiger partial charge in [-0.15, -0.1) is 10.2 Å². The Morgan fingerprint density at radius 1 is 1.17 bits per heavy atom. The highest BCUT2D eigenvalue weighted by Gasteiger charge is 2.34. The van der Waals surface area contributed by atoms with E-state index in [-0.39, 0.29) is 17.3 Å². The number of para-hydroxylation sites is 1. The number of cyclic esters (lactones) is 1. The number of thioether (sulfide) groups is 1. The third-order valence-corrected chi connectivity index (χ3v) is 4.91. The summed E-state index contributed by atoms with van der Waals surface area (Å²) in [4.78, 5) is 12.0. The largest absolute Gasteiger partial charge is 0.462 e. The van der Waals surface area contributed by atoms with E-state index < -0.39 is 0 Å². The van der Waals surface area contributed by atoms with Crippen molar-refractivity contribution in [1.82, 2.24) is 14.8 Å². The summed E-state index contributed by atoms with van der Waals surface area (Å²) in [5.41, 5.74) is 0.913. The minimum absolute atomic E-state index is 0.0624. The fourth-order valence-electron chi connectivity index (χ4n) is 2.66. The van der Waals surface area contributed by atoms with Crippen molar-refractivity contribution in [2.24, 2.45) is 0 Å². The molecule has 1 aliphatic rings. The van der Waals surface area contributed by atoms with Gasteiger partial charge in [-0.05, 0) is 31.2 Å². The molecule has 3 aromatic rings. The lowest BCUT2D eigenvalue weighted by Crippen LogP contribution is -2.11. The second-order valence-electron chi connectivity index (χ2n) is 5.54. The monoisotopic (exact) mass is 341 g/mol. The lowest BCUT2D eigenvalue weighted by Gasteiger charge is -2.10. The fraction of sp³-hybridized carbons (Fsp3) is 0.235. The standard InChI is InChI=1S/C17H15N3O3S/c1-11-10-14(16(21)23-11)24-17-19-18-15(13-8-5-9-22-13)20(17)12-6-3-2-4-7-12/h2-9,11,14H,10H2,1H3/t11-,14+/m1/s1. The van der Waals surface area contributed by atoms with Crippen molar-refractivity contribution < 1.29 is 13.9 Å². The zero-order valence-electron chi connectivity index (χ0n) is 13.0. The van der Waals surface area contributed by atoms with E-state index in [0.717, 1.165) is 5.69 Å². The summed E-state index contributed by atoms with van der Waals surface area (Å²) in [6.45, 7) is 1.90. The molecule has 0 spiro atoms. The highest BCUT2D eigenvalue weighted by atomic mass is 32.2. The van der Waals surface area contributed by atoms with Crippen molar-refractivity contribution in [2.75, 3.05) is 0 Å². The summed E-state index contributed by atoms with van der Waals surface area (Å²) in [5.74, 6) is 1.03. The third kappa shape index (κ3) is 2.71. The Labute approximate surface area is 142 Å². The molecule has 0 radical (unpaired) electrons. The molecular weight excluding hydrogens is 326 g/mol. The first-order valence-corrected chi connectivity index (χ1v) is 8.52. The van der Waals surface area contributed by atoms with Crippen molar-refractivity contribution in [3.05, 3.63) is 48.7 Å². The van der Waals surface area contributed by atoms with Gasteiger partial charge in [0.15, 0.2) is 10.9 Å². The first kappa shape index (κ1) is 15.0. The van der Waals surface area contributed by atoms with Crippen LogP contribution in [0, 0.1) is 0 Å². The summed E-state index contributed by atoms with van der Waals surface area (Å²) in [5, 5.41) is 8.92. The average molecular weight is 341 g/mol. The molecule has 0 bridgehead atoms. The smallest absolute Gasteiger partial charge is 0.319 e. The molecule has 1 aliphatic heterocycles. The third-order valence-electron chi connectivity index (χ3n) is 3.76. The first-order chi connectivity index (χ1) is 11.7. The van der Waals surface area contributed by atoms with E-state index in [1.54, 1.807) is 6.26 Å². The minimum Gasteiger partial charge on any atom is -0.462 e. The van der Waals surface area contributed by atoms with Crippen molar-refractivity contribution in [3.8, 4) is 17.3 Å². The molecular formula is C17H15N3O3S. The van der Waals surface area contributed by atoms with Crippen molar-refractivity contribution in [2.45, 2.75) is 29.9 Å². The molecule has 0 aliphatic carbocycles. The Bertz CT molecular complexity index is 845. The molecule has 24 heavy (non-hydrogen) atoms. The predicted octanol–water partition coefficient (Wildman–Crippen LogP) is 3.32. The van der Waals surface area contributed by atoms with Crippen LogP contribution in [0.25, 0.3) is 17.3 Å². The van der Waals surface area contributed by atoms with Crippen LogP contribution < -0.4 is 0 Å². The fourth-order valence-corrected chi connectivity index (χ4v) is 3.82. The van der Waals surface area contributed by atoms with E-state index in [2.05, 4.69) is 10.2 Å². The van der Waals surface area contributed by atoms with Gasteiger partial charge >= 0.3 is 5.97 Å². The molecule has 0 amide bonds. The molecule has 6 nitrogen and oxygen atoms in total. The molecule has 1 fully saturated rings. The first-order valence-electron chi connectivity index (χ1n) is 7.64. The van der Waals surface area contributed by atoms with Crippen molar-refractivity contribution in [3.63, 3.8) is 0 Å². The molecule has 122 valence electrons. The summed E-state index contributed by atoms with van der Waals surface area (Å²) in [6.07, 6.45) is 2.20. The van der Waals surface area contributed by atoms with E-state index in [4.69, 9.17) is 9.15 Å². The molecule has 3 heterocycles. The van der Waals surface area contributed by atoms with E-state index in [1.807, 2.05) is 54.0 Å². The number of esters is 1. The summed E-state index contributed by atoms with van der Waals surface area (Å²) >= 11 is 1.38. The second-order valence-corrected chi connectivity index (χ2v) is 6.71. The van der Waals surface area contributed by atoms with Crippen LogP contribution in [0.15, 0.2) is 58.3 Å². The van der Waals surface area contributed by atoms with Gasteiger partial charge in [-0.2, -0.15) is 0 Å². The zero-order valence-corrected chi connectivity index (χ0v) is 13.8. The quantitative estimate of drug-likeness (QED) is 0.678. The van der Waals surface area contributed by atoms with Gasteiger partial charge in [0.1, 0.15) is 11.4 Å². The summed E-state index contributed by atoms with van der Waals surface area (Å²) in [6, 6.07) is 13.4. The van der Waals surface area contributed by atoms with Crippen LogP contribution in [-0.2, 0) is 9.53 Å². The molecule has 0 unspecified atom stereocenters. The number of furan rings is 1. The number of nitrogens with zero attached hydrogens (tertiary/aromatic N) is 3. The lowest BCUT2D eigenvalue weighted by atomic mass is 10.3. The normalized spacial score (nSPS) is 20.3. The Kier molecular flexibility index (Phi) is 3.86. The number of rotatable bonds is 4. The van der Waals surface area contributed by atoms with Gasteiger partial charge in [-0.3, -0.25) is 9.36 Å². The van der Waals surface area contributed by atoms with Gasteiger partial charge in [0.25, 0.3) is 0 Å². The van der Waals surface area contributed by atoms with Crippen molar-refractivity contribution in [1.29, 1.82) is 0 Å². The maximum atomic E-state index is 12.0. The van der Waals surface area contributed by atoms with Gasteiger partial charge in [0.2, 0.25) is 5.82 Å². The van der Waals surface area contributed by atoms with Gasteiger partial charge in [0, 0.05) is 12.1 Å². The molecule has 4 rings (SSSR count). The van der Waals surface area contributed by atoms with Gasteiger partial charge in [-0.25, -0.2) is 0 Å². The maximum Gasteiger partial charge on any atom is 0.319 e. The highest BCUT2D eigenvalue weighted by molar-refractivity contribution is 8.00. The van der Waals surface area contributed by atoms with E-state index in [0.29, 0.717) is 23.2 Å². The Balaban J connectivity index is 1.76. The second kappa shape index (κ2) is 6.16. The van der Waals surface area contributed by atoms with Gasteiger partial charge in [-0.1, -0.05) is 30.0 Å². The minimum atomic E-state index is -0.267. The number of carbonyl (C=O) groups excluding carboxylic acids is 1. The zero-order chi connectivity index (χ0) is 16.5. The topological polar surface area (TPSA) is 70.2 Å². The van der Waals surface area contributed by atoms with E-state index in [1.165, 1.54) is 11.8 Å². The molecule has 1 saturated heterocycles. The molecule has 1 aromatic carbocycles. The van der Waals surface area contributed by atoms with Crippen LogP contribution in [0.4, 0.5) is 0 Å². The van der Waals surface area contributed by atoms with Crippen LogP contribution in [0.3, 0.4) is 0 Å². The summed E-state index contributed by atoms with van der Waals surface area (Å²) in [7, 11) is 0. The Hall–Kier alpha value is -2.54. The van der Waals surface area contributed by atoms with Crippen LogP contribution in [0.2, 0.25) is 0 Å². The van der Waals surface area contributed by atoms with Crippen molar-refractivity contribution >= 4 is 17.7 Å². The predicted molar refractivity (Wildman–Crippen MR) is 88.9 cm³/mol. The molecule has 7 heteroatoms. The highest BCUT2D eigenvalue weighted by Crippen LogP contribution is 2.34. The van der Waals surface area contributed by atoms with Crippen LogP contribution in [0.5, 0.6) is 0 Å². The number of aromatic nitrogens is 3. The van der Waals surface area contributed by atoms with Crippen LogP contribution in [-0.4, -0.2) is 32.1 Å². The van der Waals surface area contributed by atoms with Gasteiger partial charge in [0.05, 0.1) is 6.26 Å². The number of hydrogen-bond donors (Lipinski definition) is 0. The number of ether oxygens (including phenoxy) is 1. The molecule has 0 saturated carbocycles. The molecule has 0 N–H and O–H groups in total. The average Bonchev–Trinajstić information content (AvgIpc) is 3.29. The molecule has 2 aromatic heterocycles. The number of hydrogen-bond acceptors (Lipinski definition) is 6. The molecule has 2 atom stereocenters. The van der Waals surface area contributed by atoms with Crippen LogP contribution in [0.1, 0.15) is 13.3 Å². The van der Waals surface area contributed by atoms with Crippen LogP contribution >= 0.6 is 11.8 Å². The lowest BCUT2D eigenvalue weighted by molar-refractivity contribution is -0.140. The van der Waals surface area contributed by atoms with E-state index >= 15 is 0 Å². The SMILES string of the molecule is C[C@@H]1C[C@H](Sc2nnc(-c3ccco3)n2-c2ccccc2)C(=O)O1. The number of benzene rings is 1. The Morgan fingerprint density at radius 3 is 2.67 bits per heavy atom. The number of carbonyl (C=O) groups is 1. The maximum absolute atomic E-state index is 12.0. The summed E-state index contributed by atoms with van der Waals surface area (Å²) < 4.78 is 12.6. The van der Waals surface area contributed by atoms with Gasteiger partial charge < -0.3 is 9.15 Å². The van der Waals surface area contributed by atoms with E-state index in [9.17, 15) is 4.79 Å².